The highest BCUT2D eigenvalue weighted by atomic mass is 35.5. The van der Waals surface area contributed by atoms with Gasteiger partial charge in [0.1, 0.15) is 0 Å². The molecule has 128 valence electrons. The quantitative estimate of drug-likeness (QED) is 0.581. The zero-order chi connectivity index (χ0) is 17.2. The lowest BCUT2D eigenvalue weighted by Gasteiger charge is -2.07. The summed E-state index contributed by atoms with van der Waals surface area (Å²) in [5, 5.41) is 4.49. The van der Waals surface area contributed by atoms with Crippen LogP contribution in [0.1, 0.15) is 11.1 Å². The van der Waals surface area contributed by atoms with Gasteiger partial charge in [0.05, 0.1) is 5.75 Å². The molecule has 2 nitrogen and oxygen atoms in total. The molecule has 0 heterocycles. The molecule has 0 bridgehead atoms. The summed E-state index contributed by atoms with van der Waals surface area (Å²) < 4.78 is 0. The van der Waals surface area contributed by atoms with Crippen molar-refractivity contribution < 1.29 is 4.79 Å². The summed E-state index contributed by atoms with van der Waals surface area (Å²) in [5.41, 5.74) is 2.19. The van der Waals surface area contributed by atoms with Crippen LogP contribution in [0.25, 0.3) is 0 Å². The first-order valence-electron chi connectivity index (χ1n) is 7.56. The number of halogens is 2. The van der Waals surface area contributed by atoms with Gasteiger partial charge in [0.25, 0.3) is 0 Å². The maximum atomic E-state index is 11.8. The smallest absolute Gasteiger partial charge is 0.230 e. The zero-order valence-electron chi connectivity index (χ0n) is 13.1. The third-order valence-electron chi connectivity index (χ3n) is 3.23. The van der Waals surface area contributed by atoms with Crippen molar-refractivity contribution in [3.63, 3.8) is 0 Å². The molecule has 0 saturated heterocycles. The van der Waals surface area contributed by atoms with Crippen LogP contribution < -0.4 is 5.32 Å². The molecule has 0 radical (unpaired) electrons. The Morgan fingerprint density at radius 2 is 1.42 bits per heavy atom. The average molecular weight is 400 g/mol. The number of carbonyl (C=O) groups is 1. The molecule has 0 aliphatic carbocycles. The maximum Gasteiger partial charge on any atom is 0.230 e. The maximum absolute atomic E-state index is 11.8. The van der Waals surface area contributed by atoms with Crippen LogP contribution in [0.4, 0.5) is 0 Å². The number of amides is 1. The standard InChI is InChI=1S/C18H19Cl2NOS2/c19-16-7-3-1-5-14(16)11-23-10-9-21-18(22)13-24-12-15-6-2-4-8-17(15)20/h1-8H,9-13H2,(H,21,22). The molecular formula is C18H19Cl2NOS2. The Bertz CT molecular complexity index is 667. The third kappa shape index (κ3) is 6.98. The van der Waals surface area contributed by atoms with Crippen LogP contribution in [0, 0.1) is 0 Å². The molecule has 1 N–H and O–H groups in total. The number of nitrogens with one attached hydrogen (secondary N) is 1. The van der Waals surface area contributed by atoms with Crippen molar-refractivity contribution in [2.45, 2.75) is 11.5 Å². The van der Waals surface area contributed by atoms with Gasteiger partial charge in [-0.2, -0.15) is 11.8 Å². The number of carbonyl (C=O) groups excluding carboxylic acids is 1. The van der Waals surface area contributed by atoms with Crippen molar-refractivity contribution >= 4 is 52.6 Å². The van der Waals surface area contributed by atoms with Gasteiger partial charge in [-0.3, -0.25) is 4.79 Å². The van der Waals surface area contributed by atoms with Gasteiger partial charge >= 0.3 is 0 Å². The van der Waals surface area contributed by atoms with Crippen molar-refractivity contribution in [3.8, 4) is 0 Å². The number of thioether (sulfide) groups is 2. The Morgan fingerprint density at radius 1 is 0.875 bits per heavy atom. The van der Waals surface area contributed by atoms with Gasteiger partial charge < -0.3 is 5.32 Å². The predicted molar refractivity (Wildman–Crippen MR) is 108 cm³/mol. The van der Waals surface area contributed by atoms with Crippen LogP contribution >= 0.6 is 46.7 Å². The number of benzene rings is 2. The van der Waals surface area contributed by atoms with E-state index in [2.05, 4.69) is 5.32 Å². The Balaban J connectivity index is 1.55. The van der Waals surface area contributed by atoms with Gasteiger partial charge in [-0.25, -0.2) is 0 Å². The Morgan fingerprint density at radius 3 is 2.00 bits per heavy atom. The molecule has 24 heavy (non-hydrogen) atoms. The molecule has 6 heteroatoms. The molecule has 2 aromatic carbocycles. The van der Waals surface area contributed by atoms with Crippen molar-refractivity contribution in [2.24, 2.45) is 0 Å². The van der Waals surface area contributed by atoms with Crippen LogP contribution in [-0.2, 0) is 16.3 Å². The predicted octanol–water partition coefficient (Wildman–Crippen LogP) is 5.28. The van der Waals surface area contributed by atoms with E-state index in [9.17, 15) is 4.79 Å². The highest BCUT2D eigenvalue weighted by Crippen LogP contribution is 2.21. The Kier molecular flexibility index (Phi) is 8.89. The second-order valence-electron chi connectivity index (χ2n) is 5.08. The van der Waals surface area contributed by atoms with Crippen molar-refractivity contribution in [2.75, 3.05) is 18.1 Å². The molecule has 0 atom stereocenters. The lowest BCUT2D eigenvalue weighted by Crippen LogP contribution is -2.27. The normalized spacial score (nSPS) is 10.6. The average Bonchev–Trinajstić information content (AvgIpc) is 2.58. The fourth-order valence-electron chi connectivity index (χ4n) is 1.98. The molecule has 0 spiro atoms. The molecule has 0 fully saturated rings. The summed E-state index contributed by atoms with van der Waals surface area (Å²) in [7, 11) is 0. The van der Waals surface area contributed by atoms with E-state index in [1.54, 1.807) is 23.5 Å². The summed E-state index contributed by atoms with van der Waals surface area (Å²) in [6.45, 7) is 0.667. The topological polar surface area (TPSA) is 29.1 Å². The number of hydrogen-bond acceptors (Lipinski definition) is 3. The summed E-state index contributed by atoms with van der Waals surface area (Å²) in [5.74, 6) is 2.97. The van der Waals surface area contributed by atoms with Crippen LogP contribution in [0.5, 0.6) is 0 Å². The molecule has 0 unspecified atom stereocenters. The summed E-state index contributed by atoms with van der Waals surface area (Å²) in [4.78, 5) is 11.8. The molecular weight excluding hydrogens is 381 g/mol. The van der Waals surface area contributed by atoms with Gasteiger partial charge in [0.15, 0.2) is 0 Å². The van der Waals surface area contributed by atoms with Crippen molar-refractivity contribution in [1.82, 2.24) is 5.32 Å². The van der Waals surface area contributed by atoms with E-state index in [0.29, 0.717) is 12.3 Å². The molecule has 0 aromatic heterocycles. The van der Waals surface area contributed by atoms with Gasteiger partial charge in [0.2, 0.25) is 5.91 Å². The van der Waals surface area contributed by atoms with Crippen LogP contribution in [0.2, 0.25) is 10.0 Å². The first-order chi connectivity index (χ1) is 11.7. The minimum Gasteiger partial charge on any atom is -0.355 e. The molecule has 2 rings (SSSR count). The van der Waals surface area contributed by atoms with Gasteiger partial charge in [0, 0.05) is 33.8 Å². The third-order valence-corrected chi connectivity index (χ3v) is 5.96. The Hall–Kier alpha value is -0.810. The highest BCUT2D eigenvalue weighted by Gasteiger charge is 2.04. The fourth-order valence-corrected chi connectivity index (χ4v) is 4.27. The number of rotatable bonds is 9. The molecule has 0 aliphatic rings. The minimum atomic E-state index is 0.0606. The van der Waals surface area contributed by atoms with Gasteiger partial charge in [-0.1, -0.05) is 59.6 Å². The van der Waals surface area contributed by atoms with E-state index in [4.69, 9.17) is 23.2 Å². The largest absolute Gasteiger partial charge is 0.355 e. The van der Waals surface area contributed by atoms with Gasteiger partial charge in [-0.15, -0.1) is 11.8 Å². The summed E-state index contributed by atoms with van der Waals surface area (Å²) >= 11 is 15.5. The van der Waals surface area contributed by atoms with Crippen LogP contribution in [0.15, 0.2) is 48.5 Å². The first-order valence-corrected chi connectivity index (χ1v) is 10.6. The van der Waals surface area contributed by atoms with E-state index >= 15 is 0 Å². The second kappa shape index (κ2) is 10.9. The fraction of sp³-hybridized carbons (Fsp3) is 0.278. The summed E-state index contributed by atoms with van der Waals surface area (Å²) in [6, 6.07) is 15.6. The van der Waals surface area contributed by atoms with E-state index < -0.39 is 0 Å². The van der Waals surface area contributed by atoms with Crippen molar-refractivity contribution in [3.05, 3.63) is 69.7 Å². The molecule has 0 aliphatic heterocycles. The lowest BCUT2D eigenvalue weighted by molar-refractivity contribution is -0.118. The number of hydrogen-bond donors (Lipinski definition) is 1. The molecule has 0 saturated carbocycles. The van der Waals surface area contributed by atoms with Crippen LogP contribution in [-0.4, -0.2) is 24.0 Å². The highest BCUT2D eigenvalue weighted by molar-refractivity contribution is 7.99. The zero-order valence-corrected chi connectivity index (χ0v) is 16.3. The lowest BCUT2D eigenvalue weighted by atomic mass is 10.2. The van der Waals surface area contributed by atoms with Crippen LogP contribution in [0.3, 0.4) is 0 Å². The van der Waals surface area contributed by atoms with Crippen molar-refractivity contribution in [1.29, 1.82) is 0 Å². The van der Waals surface area contributed by atoms with E-state index in [-0.39, 0.29) is 5.91 Å². The van der Waals surface area contributed by atoms with E-state index in [1.165, 1.54) is 0 Å². The van der Waals surface area contributed by atoms with E-state index in [1.807, 2.05) is 48.5 Å². The molecule has 1 amide bonds. The molecule has 2 aromatic rings. The second-order valence-corrected chi connectivity index (χ2v) is 7.98. The Labute approximate surface area is 161 Å². The first kappa shape index (κ1) is 19.5. The summed E-state index contributed by atoms with van der Waals surface area (Å²) in [6.07, 6.45) is 0. The monoisotopic (exact) mass is 399 g/mol. The van der Waals surface area contributed by atoms with Gasteiger partial charge in [-0.05, 0) is 23.3 Å². The van der Waals surface area contributed by atoms with E-state index in [0.717, 1.165) is 38.4 Å². The minimum absolute atomic E-state index is 0.0606. The SMILES string of the molecule is O=C(CSCc1ccccc1Cl)NCCSCc1ccccc1Cl.